The van der Waals surface area contributed by atoms with Crippen LogP contribution in [0.2, 0.25) is 5.02 Å². The van der Waals surface area contributed by atoms with E-state index in [2.05, 4.69) is 9.97 Å². The summed E-state index contributed by atoms with van der Waals surface area (Å²) >= 11 is 6.50. The highest BCUT2D eigenvalue weighted by molar-refractivity contribution is 6.33. The molecule has 4 rings (SSSR count). The zero-order valence-electron chi connectivity index (χ0n) is 17.8. The Morgan fingerprint density at radius 2 is 1.78 bits per heavy atom. The molecule has 1 N–H and O–H groups in total. The van der Waals surface area contributed by atoms with Gasteiger partial charge in [0.15, 0.2) is 0 Å². The monoisotopic (exact) mass is 450 g/mol. The number of rotatable bonds is 5. The van der Waals surface area contributed by atoms with Gasteiger partial charge in [0.1, 0.15) is 6.04 Å². The maximum Gasteiger partial charge on any atom is 0.326 e. The Kier molecular flexibility index (Phi) is 6.10. The fourth-order valence-corrected chi connectivity index (χ4v) is 4.19. The Hall–Kier alpha value is -3.45. The average Bonchev–Trinajstić information content (AvgIpc) is 3.29. The standard InChI is InChI=1S/C24H23ClN4O3/c1-28(2)24-26-13-16(14-27-24)17-10-9-15(12-19(17)18-6-3-4-7-20(18)25)22(30)29-11-5-8-21(29)23(31)32/h3-4,6-7,9-10,12-14,21H,5,8,11H2,1-2H3,(H,31,32). The molecule has 1 aromatic heterocycles. The van der Waals surface area contributed by atoms with Crippen LogP contribution in [-0.2, 0) is 4.79 Å². The first-order valence-corrected chi connectivity index (χ1v) is 10.7. The minimum Gasteiger partial charge on any atom is -0.480 e. The van der Waals surface area contributed by atoms with Gasteiger partial charge in [-0.15, -0.1) is 0 Å². The van der Waals surface area contributed by atoms with Gasteiger partial charge in [0.2, 0.25) is 5.95 Å². The first kappa shape index (κ1) is 21.8. The van der Waals surface area contributed by atoms with Crippen molar-refractivity contribution in [3.8, 4) is 22.3 Å². The van der Waals surface area contributed by atoms with E-state index >= 15 is 0 Å². The minimum absolute atomic E-state index is 0.297. The maximum atomic E-state index is 13.2. The van der Waals surface area contributed by atoms with Crippen molar-refractivity contribution in [3.63, 3.8) is 0 Å². The van der Waals surface area contributed by atoms with Gasteiger partial charge in [-0.1, -0.05) is 35.9 Å². The van der Waals surface area contributed by atoms with Crippen molar-refractivity contribution in [2.75, 3.05) is 25.5 Å². The first-order valence-electron chi connectivity index (χ1n) is 10.3. The van der Waals surface area contributed by atoms with Crippen LogP contribution in [-0.4, -0.2) is 58.5 Å². The molecule has 1 aliphatic heterocycles. The molecule has 32 heavy (non-hydrogen) atoms. The zero-order valence-corrected chi connectivity index (χ0v) is 18.6. The Morgan fingerprint density at radius 1 is 1.06 bits per heavy atom. The van der Waals surface area contributed by atoms with Gasteiger partial charge in [0, 0.05) is 54.7 Å². The van der Waals surface area contributed by atoms with Crippen LogP contribution in [0, 0.1) is 0 Å². The van der Waals surface area contributed by atoms with Crippen molar-refractivity contribution < 1.29 is 14.7 Å². The Bertz CT molecular complexity index is 1160. The average molecular weight is 451 g/mol. The van der Waals surface area contributed by atoms with Crippen molar-refractivity contribution in [1.29, 1.82) is 0 Å². The molecule has 0 bridgehead atoms. The number of carboxylic acid groups (broad SMARTS) is 1. The van der Waals surface area contributed by atoms with Crippen molar-refractivity contribution >= 4 is 29.4 Å². The predicted octanol–water partition coefficient (Wildman–Crippen LogP) is 4.22. The Labute approximate surface area is 191 Å². The molecule has 8 heteroatoms. The minimum atomic E-state index is -0.975. The second-order valence-corrected chi connectivity index (χ2v) is 8.31. The molecule has 1 saturated heterocycles. The molecule has 2 aromatic carbocycles. The molecular weight excluding hydrogens is 428 g/mol. The molecule has 1 atom stereocenters. The van der Waals surface area contributed by atoms with Gasteiger partial charge >= 0.3 is 5.97 Å². The van der Waals surface area contributed by atoms with Crippen LogP contribution in [0.5, 0.6) is 0 Å². The lowest BCUT2D eigenvalue weighted by Gasteiger charge is -2.22. The summed E-state index contributed by atoms with van der Waals surface area (Å²) in [7, 11) is 3.74. The second-order valence-electron chi connectivity index (χ2n) is 7.90. The number of carbonyl (C=O) groups is 2. The summed E-state index contributed by atoms with van der Waals surface area (Å²) in [5, 5.41) is 10.0. The topological polar surface area (TPSA) is 86.6 Å². The van der Waals surface area contributed by atoms with Gasteiger partial charge in [0.25, 0.3) is 5.91 Å². The molecular formula is C24H23ClN4O3. The summed E-state index contributed by atoms with van der Waals surface area (Å²) in [6, 6.07) is 11.9. The number of anilines is 1. The number of carbonyl (C=O) groups excluding carboxylic acids is 1. The summed E-state index contributed by atoms with van der Waals surface area (Å²) in [6.45, 7) is 0.429. The third kappa shape index (κ3) is 4.16. The lowest BCUT2D eigenvalue weighted by molar-refractivity contribution is -0.141. The first-order chi connectivity index (χ1) is 15.4. The van der Waals surface area contributed by atoms with Gasteiger partial charge in [-0.3, -0.25) is 4.79 Å². The molecule has 1 aliphatic rings. The molecule has 0 radical (unpaired) electrons. The van der Waals surface area contributed by atoms with E-state index in [9.17, 15) is 14.7 Å². The molecule has 1 unspecified atom stereocenters. The van der Waals surface area contributed by atoms with Gasteiger partial charge in [0.05, 0.1) is 0 Å². The lowest BCUT2D eigenvalue weighted by Crippen LogP contribution is -2.40. The number of hydrogen-bond acceptors (Lipinski definition) is 5. The second kappa shape index (κ2) is 8.96. The Morgan fingerprint density at radius 3 is 2.44 bits per heavy atom. The summed E-state index contributed by atoms with van der Waals surface area (Å²) in [6.07, 6.45) is 4.61. The number of likely N-dealkylation sites (tertiary alicyclic amines) is 1. The van der Waals surface area contributed by atoms with E-state index in [-0.39, 0.29) is 5.91 Å². The third-order valence-corrected chi connectivity index (χ3v) is 5.91. The molecule has 0 saturated carbocycles. The number of carboxylic acids is 1. The molecule has 2 heterocycles. The molecule has 7 nitrogen and oxygen atoms in total. The molecule has 164 valence electrons. The summed E-state index contributed by atoms with van der Waals surface area (Å²) in [5.41, 5.74) is 3.56. The molecule has 0 spiro atoms. The van der Waals surface area contributed by atoms with E-state index in [0.29, 0.717) is 35.9 Å². The van der Waals surface area contributed by atoms with E-state index in [0.717, 1.165) is 22.3 Å². The summed E-state index contributed by atoms with van der Waals surface area (Å²) in [5.74, 6) is -0.681. The van der Waals surface area contributed by atoms with Crippen molar-refractivity contribution in [2.24, 2.45) is 0 Å². The van der Waals surface area contributed by atoms with Crippen molar-refractivity contribution in [2.45, 2.75) is 18.9 Å². The van der Waals surface area contributed by atoms with Crippen molar-refractivity contribution in [1.82, 2.24) is 14.9 Å². The number of halogens is 1. The summed E-state index contributed by atoms with van der Waals surface area (Å²) < 4.78 is 0. The number of nitrogens with zero attached hydrogens (tertiary/aromatic N) is 4. The number of amides is 1. The van der Waals surface area contributed by atoms with E-state index < -0.39 is 12.0 Å². The van der Waals surface area contributed by atoms with Gasteiger partial charge in [-0.05, 0) is 42.2 Å². The van der Waals surface area contributed by atoms with E-state index in [1.165, 1.54) is 4.90 Å². The molecule has 1 amide bonds. The van der Waals surface area contributed by atoms with Crippen LogP contribution in [0.3, 0.4) is 0 Å². The highest BCUT2D eigenvalue weighted by atomic mass is 35.5. The summed E-state index contributed by atoms with van der Waals surface area (Å²) in [4.78, 5) is 36.8. The van der Waals surface area contributed by atoms with Crippen LogP contribution in [0.1, 0.15) is 23.2 Å². The fraction of sp³-hybridized carbons (Fsp3) is 0.250. The van der Waals surface area contributed by atoms with Crippen LogP contribution in [0.15, 0.2) is 54.9 Å². The van der Waals surface area contributed by atoms with Gasteiger partial charge in [-0.2, -0.15) is 0 Å². The number of aliphatic carboxylic acids is 1. The van der Waals surface area contributed by atoms with Crippen LogP contribution in [0.25, 0.3) is 22.3 Å². The largest absolute Gasteiger partial charge is 0.480 e. The highest BCUT2D eigenvalue weighted by Gasteiger charge is 2.34. The fourth-order valence-electron chi connectivity index (χ4n) is 3.96. The van der Waals surface area contributed by atoms with E-state index in [1.54, 1.807) is 30.6 Å². The lowest BCUT2D eigenvalue weighted by atomic mass is 9.93. The SMILES string of the molecule is CN(C)c1ncc(-c2ccc(C(=O)N3CCCC3C(=O)O)cc2-c2ccccc2Cl)cn1. The molecule has 3 aromatic rings. The van der Waals surface area contributed by atoms with Crippen LogP contribution < -0.4 is 4.90 Å². The predicted molar refractivity (Wildman–Crippen MR) is 124 cm³/mol. The van der Waals surface area contributed by atoms with Gasteiger partial charge in [-0.25, -0.2) is 14.8 Å². The number of hydrogen-bond donors (Lipinski definition) is 1. The van der Waals surface area contributed by atoms with Crippen LogP contribution >= 0.6 is 11.6 Å². The number of benzene rings is 2. The third-order valence-electron chi connectivity index (χ3n) is 5.58. The van der Waals surface area contributed by atoms with E-state index in [4.69, 9.17) is 11.6 Å². The smallest absolute Gasteiger partial charge is 0.326 e. The molecule has 1 fully saturated rings. The highest BCUT2D eigenvalue weighted by Crippen LogP contribution is 2.37. The Balaban J connectivity index is 1.81. The normalized spacial score (nSPS) is 15.6. The molecule has 0 aliphatic carbocycles. The maximum absolute atomic E-state index is 13.2. The number of aromatic nitrogens is 2. The zero-order chi connectivity index (χ0) is 22.8. The quantitative estimate of drug-likeness (QED) is 0.626. The van der Waals surface area contributed by atoms with E-state index in [1.807, 2.05) is 43.3 Å². The van der Waals surface area contributed by atoms with Crippen molar-refractivity contribution in [3.05, 3.63) is 65.4 Å². The van der Waals surface area contributed by atoms with Crippen LogP contribution in [0.4, 0.5) is 5.95 Å². The van der Waals surface area contributed by atoms with Gasteiger partial charge < -0.3 is 14.9 Å².